The summed E-state index contributed by atoms with van der Waals surface area (Å²) in [6.45, 7) is 0. The third-order valence-electron chi connectivity index (χ3n) is 1.36. The predicted octanol–water partition coefficient (Wildman–Crippen LogP) is 2.79. The summed E-state index contributed by atoms with van der Waals surface area (Å²) in [4.78, 5) is 9.24. The maximum Gasteiger partial charge on any atom is 0.446 e. The maximum atomic E-state index is 12.0. The van der Waals surface area contributed by atoms with Gasteiger partial charge in [0.2, 0.25) is 0 Å². The van der Waals surface area contributed by atoms with Crippen molar-refractivity contribution in [1.29, 1.82) is 0 Å². The third kappa shape index (κ3) is 3.66. The number of halogens is 3. The minimum atomic E-state index is -4.48. The van der Waals surface area contributed by atoms with Crippen molar-refractivity contribution in [2.24, 2.45) is 0 Å². The Bertz CT molecular complexity index is 394. The van der Waals surface area contributed by atoms with Gasteiger partial charge in [-0.1, -0.05) is 0 Å². The Morgan fingerprint density at radius 1 is 1.33 bits per heavy atom. The molecular weight excluding hydrogens is 233 g/mol. The largest absolute Gasteiger partial charge is 0.446 e. The third-order valence-corrected chi connectivity index (χ3v) is 2.06. The second-order valence-electron chi connectivity index (χ2n) is 2.57. The highest BCUT2D eigenvalue weighted by Crippen LogP contribution is 2.38. The number of nitro groups is 1. The minimum absolute atomic E-state index is 0.0732. The molecule has 15 heavy (non-hydrogen) atoms. The zero-order valence-electron chi connectivity index (χ0n) is 7.12. The minimum Gasteiger partial charge on any atom is -0.398 e. The molecule has 82 valence electrons. The van der Waals surface area contributed by atoms with Crippen LogP contribution in [0, 0.1) is 10.1 Å². The van der Waals surface area contributed by atoms with E-state index in [1.165, 1.54) is 0 Å². The molecule has 2 N–H and O–H groups in total. The highest BCUT2D eigenvalue weighted by Gasteiger charge is 2.30. The van der Waals surface area contributed by atoms with E-state index in [-0.39, 0.29) is 10.6 Å². The Hall–Kier alpha value is -1.44. The van der Waals surface area contributed by atoms with Gasteiger partial charge < -0.3 is 5.73 Å². The Balaban J connectivity index is 3.04. The van der Waals surface area contributed by atoms with Gasteiger partial charge in [-0.25, -0.2) is 0 Å². The lowest BCUT2D eigenvalue weighted by molar-refractivity contribution is -0.385. The Morgan fingerprint density at radius 2 is 1.93 bits per heavy atom. The number of nitro benzene ring substituents is 1. The predicted molar refractivity (Wildman–Crippen MR) is 49.4 cm³/mol. The first-order chi connectivity index (χ1) is 6.78. The summed E-state index contributed by atoms with van der Waals surface area (Å²) in [6.07, 6.45) is 0. The van der Waals surface area contributed by atoms with Crippen molar-refractivity contribution in [3.05, 3.63) is 28.3 Å². The Labute approximate surface area is 86.4 Å². The van der Waals surface area contributed by atoms with Crippen molar-refractivity contribution < 1.29 is 18.1 Å². The van der Waals surface area contributed by atoms with Crippen LogP contribution < -0.4 is 5.73 Å². The first-order valence-corrected chi connectivity index (χ1v) is 4.40. The molecule has 0 aliphatic heterocycles. The van der Waals surface area contributed by atoms with Crippen molar-refractivity contribution in [3.8, 4) is 0 Å². The van der Waals surface area contributed by atoms with Gasteiger partial charge in [-0.2, -0.15) is 13.2 Å². The molecule has 4 nitrogen and oxygen atoms in total. The van der Waals surface area contributed by atoms with E-state index in [4.69, 9.17) is 5.73 Å². The molecule has 0 amide bonds. The number of hydrogen-bond donors (Lipinski definition) is 1. The maximum absolute atomic E-state index is 12.0. The van der Waals surface area contributed by atoms with Crippen LogP contribution in [0.1, 0.15) is 0 Å². The molecule has 1 aromatic carbocycles. The molecule has 0 radical (unpaired) electrons. The first-order valence-electron chi connectivity index (χ1n) is 3.58. The average Bonchev–Trinajstić information content (AvgIpc) is 1.99. The number of alkyl halides is 3. The molecule has 8 heteroatoms. The molecule has 0 saturated heterocycles. The van der Waals surface area contributed by atoms with Crippen LogP contribution in [-0.2, 0) is 0 Å². The summed E-state index contributed by atoms with van der Waals surface area (Å²) in [6, 6.07) is 2.86. The molecule has 0 atom stereocenters. The standard InChI is InChI=1S/C7H5F3N2O2S/c8-7(9,10)15-6-2-4(11)1-5(3-6)12(13)14/h1-3H,11H2. The van der Waals surface area contributed by atoms with E-state index in [9.17, 15) is 23.3 Å². The lowest BCUT2D eigenvalue weighted by atomic mass is 10.3. The van der Waals surface area contributed by atoms with E-state index in [1.54, 1.807) is 0 Å². The number of benzene rings is 1. The summed E-state index contributed by atoms with van der Waals surface area (Å²) in [7, 11) is 0. The molecule has 0 unspecified atom stereocenters. The molecular formula is C7H5F3N2O2S. The van der Waals surface area contributed by atoms with Gasteiger partial charge in [-0.15, -0.1) is 0 Å². The van der Waals surface area contributed by atoms with Crippen LogP contribution in [0.4, 0.5) is 24.5 Å². The first kappa shape index (κ1) is 11.6. The smallest absolute Gasteiger partial charge is 0.398 e. The molecule has 1 rings (SSSR count). The zero-order chi connectivity index (χ0) is 11.6. The summed E-state index contributed by atoms with van der Waals surface area (Å²) in [5.74, 6) is 0. The molecule has 0 fully saturated rings. The van der Waals surface area contributed by atoms with Gasteiger partial charge in [-0.3, -0.25) is 10.1 Å². The van der Waals surface area contributed by atoms with E-state index < -0.39 is 27.9 Å². The molecule has 0 aliphatic rings. The van der Waals surface area contributed by atoms with Crippen LogP contribution in [0.5, 0.6) is 0 Å². The number of nitrogens with two attached hydrogens (primary N) is 1. The van der Waals surface area contributed by atoms with Crippen molar-refractivity contribution >= 4 is 23.1 Å². The molecule has 0 saturated carbocycles. The summed E-state index contributed by atoms with van der Waals surface area (Å²) in [5, 5.41) is 10.3. The lowest BCUT2D eigenvalue weighted by Crippen LogP contribution is -2.00. The van der Waals surface area contributed by atoms with E-state index in [2.05, 4.69) is 0 Å². The van der Waals surface area contributed by atoms with E-state index >= 15 is 0 Å². The van der Waals surface area contributed by atoms with Gasteiger partial charge in [0, 0.05) is 22.7 Å². The zero-order valence-corrected chi connectivity index (χ0v) is 7.93. The van der Waals surface area contributed by atoms with Crippen LogP contribution in [0.15, 0.2) is 23.1 Å². The normalized spacial score (nSPS) is 11.4. The lowest BCUT2D eigenvalue weighted by Gasteiger charge is -2.05. The fourth-order valence-corrected chi connectivity index (χ4v) is 1.55. The van der Waals surface area contributed by atoms with Crippen LogP contribution in [0.3, 0.4) is 0 Å². The average molecular weight is 238 g/mol. The quantitative estimate of drug-likeness (QED) is 0.372. The number of hydrogen-bond acceptors (Lipinski definition) is 4. The monoisotopic (exact) mass is 238 g/mol. The molecule has 0 spiro atoms. The molecule has 0 heterocycles. The van der Waals surface area contributed by atoms with E-state index in [1.807, 2.05) is 0 Å². The Kier molecular flexibility index (Phi) is 3.08. The summed E-state index contributed by atoms with van der Waals surface area (Å²) in [5.41, 5.74) is 0.217. The van der Waals surface area contributed by atoms with Gasteiger partial charge in [0.25, 0.3) is 5.69 Å². The molecule has 0 aliphatic carbocycles. The molecule has 0 aromatic heterocycles. The van der Waals surface area contributed by atoms with Crippen molar-refractivity contribution in [1.82, 2.24) is 0 Å². The Morgan fingerprint density at radius 3 is 2.40 bits per heavy atom. The van der Waals surface area contributed by atoms with Gasteiger partial charge in [0.15, 0.2) is 0 Å². The van der Waals surface area contributed by atoms with Crippen LogP contribution in [-0.4, -0.2) is 10.4 Å². The second-order valence-corrected chi connectivity index (χ2v) is 3.70. The number of non-ortho nitro benzene ring substituents is 1. The van der Waals surface area contributed by atoms with Crippen molar-refractivity contribution in [2.75, 3.05) is 5.73 Å². The fraction of sp³-hybridized carbons (Fsp3) is 0.143. The fourth-order valence-electron chi connectivity index (χ4n) is 0.904. The SMILES string of the molecule is Nc1cc(SC(F)(F)F)cc([N+](=O)[O-])c1. The van der Waals surface area contributed by atoms with E-state index in [0.29, 0.717) is 0 Å². The van der Waals surface area contributed by atoms with Gasteiger partial charge in [0.1, 0.15) is 0 Å². The number of thioether (sulfide) groups is 1. The topological polar surface area (TPSA) is 69.2 Å². The van der Waals surface area contributed by atoms with Gasteiger partial charge in [-0.05, 0) is 17.8 Å². The highest BCUT2D eigenvalue weighted by molar-refractivity contribution is 8.00. The number of nitrogen functional groups attached to an aromatic ring is 1. The number of anilines is 1. The second kappa shape index (κ2) is 3.97. The van der Waals surface area contributed by atoms with Gasteiger partial charge in [0.05, 0.1) is 4.92 Å². The van der Waals surface area contributed by atoms with Crippen LogP contribution in [0.25, 0.3) is 0 Å². The van der Waals surface area contributed by atoms with E-state index in [0.717, 1.165) is 18.2 Å². The molecule has 0 bridgehead atoms. The van der Waals surface area contributed by atoms with Gasteiger partial charge >= 0.3 is 5.51 Å². The van der Waals surface area contributed by atoms with Crippen molar-refractivity contribution in [2.45, 2.75) is 10.4 Å². The number of rotatable bonds is 2. The molecule has 1 aromatic rings. The van der Waals surface area contributed by atoms with Crippen molar-refractivity contribution in [3.63, 3.8) is 0 Å². The van der Waals surface area contributed by atoms with Crippen LogP contribution in [0.2, 0.25) is 0 Å². The highest BCUT2D eigenvalue weighted by atomic mass is 32.2. The summed E-state index contributed by atoms with van der Waals surface area (Å²) < 4.78 is 35.9. The van der Waals surface area contributed by atoms with Crippen LogP contribution >= 0.6 is 11.8 Å². The number of nitrogens with zero attached hydrogens (tertiary/aromatic N) is 1. The summed E-state index contributed by atoms with van der Waals surface area (Å²) >= 11 is -0.438.